The summed E-state index contributed by atoms with van der Waals surface area (Å²) in [5.41, 5.74) is 2.86. The molecule has 0 bridgehead atoms. The second-order valence-corrected chi connectivity index (χ2v) is 7.18. The van der Waals surface area contributed by atoms with E-state index in [4.69, 9.17) is 4.74 Å². The molecule has 2 atom stereocenters. The molecule has 1 saturated heterocycles. The number of piperidine rings is 1. The molecular formula is C20H29NO2. The van der Waals surface area contributed by atoms with Gasteiger partial charge in [0.2, 0.25) is 0 Å². The van der Waals surface area contributed by atoms with E-state index in [0.29, 0.717) is 5.92 Å². The van der Waals surface area contributed by atoms with E-state index in [1.807, 2.05) is 17.9 Å². The van der Waals surface area contributed by atoms with Crippen LogP contribution in [0.3, 0.4) is 0 Å². The number of nitrogens with zero attached hydrogens (tertiary/aromatic N) is 1. The molecule has 2 aliphatic rings. The number of ether oxygens (including phenoxy) is 1. The molecule has 1 aromatic rings. The van der Waals surface area contributed by atoms with E-state index >= 15 is 0 Å². The number of hydrogen-bond acceptors (Lipinski definition) is 2. The van der Waals surface area contributed by atoms with Crippen molar-refractivity contribution in [1.29, 1.82) is 0 Å². The molecule has 23 heavy (non-hydrogen) atoms. The number of likely N-dealkylation sites (tertiary alicyclic amines) is 1. The molecule has 2 unspecified atom stereocenters. The fourth-order valence-corrected chi connectivity index (χ4v) is 3.85. The summed E-state index contributed by atoms with van der Waals surface area (Å²) in [6, 6.07) is 6.38. The SMILES string of the molecule is CCC(Oc1ccc2c(c1)CCCC2)C(=O)N1CCCC(C)C1. The van der Waals surface area contributed by atoms with Gasteiger partial charge in [-0.1, -0.05) is 19.9 Å². The van der Waals surface area contributed by atoms with Gasteiger partial charge in [-0.3, -0.25) is 4.79 Å². The first-order chi connectivity index (χ1) is 11.2. The topological polar surface area (TPSA) is 29.5 Å². The molecule has 1 heterocycles. The summed E-state index contributed by atoms with van der Waals surface area (Å²) < 4.78 is 6.09. The van der Waals surface area contributed by atoms with Gasteiger partial charge >= 0.3 is 0 Å². The summed E-state index contributed by atoms with van der Waals surface area (Å²) in [5, 5.41) is 0. The molecule has 3 heteroatoms. The molecule has 0 N–H and O–H groups in total. The van der Waals surface area contributed by atoms with E-state index < -0.39 is 0 Å². The molecule has 0 spiro atoms. The molecule has 1 aliphatic heterocycles. The lowest BCUT2D eigenvalue weighted by Crippen LogP contribution is -2.46. The predicted molar refractivity (Wildman–Crippen MR) is 92.8 cm³/mol. The number of rotatable bonds is 4. The predicted octanol–water partition coefficient (Wildman–Crippen LogP) is 3.98. The molecular weight excluding hydrogens is 286 g/mol. The normalized spacial score (nSPS) is 22.3. The van der Waals surface area contributed by atoms with E-state index in [2.05, 4.69) is 19.1 Å². The van der Waals surface area contributed by atoms with Gasteiger partial charge in [0, 0.05) is 13.1 Å². The Morgan fingerprint density at radius 1 is 1.26 bits per heavy atom. The van der Waals surface area contributed by atoms with Crippen molar-refractivity contribution in [2.45, 2.75) is 64.9 Å². The monoisotopic (exact) mass is 315 g/mol. The lowest BCUT2D eigenvalue weighted by molar-refractivity contribution is -0.140. The van der Waals surface area contributed by atoms with Gasteiger partial charge in [0.15, 0.2) is 6.10 Å². The largest absolute Gasteiger partial charge is 0.481 e. The van der Waals surface area contributed by atoms with Crippen molar-refractivity contribution in [3.05, 3.63) is 29.3 Å². The highest BCUT2D eigenvalue weighted by Gasteiger charge is 2.28. The molecule has 1 aliphatic carbocycles. The highest BCUT2D eigenvalue weighted by atomic mass is 16.5. The molecule has 0 saturated carbocycles. The maximum Gasteiger partial charge on any atom is 0.263 e. The molecule has 1 fully saturated rings. The number of fused-ring (bicyclic) bond motifs is 1. The first kappa shape index (κ1) is 16.4. The van der Waals surface area contributed by atoms with Crippen LogP contribution in [0.25, 0.3) is 0 Å². The summed E-state index contributed by atoms with van der Waals surface area (Å²) in [7, 11) is 0. The number of amides is 1. The van der Waals surface area contributed by atoms with Crippen molar-refractivity contribution in [1.82, 2.24) is 4.90 Å². The van der Waals surface area contributed by atoms with Crippen LogP contribution >= 0.6 is 0 Å². The lowest BCUT2D eigenvalue weighted by Gasteiger charge is -2.33. The summed E-state index contributed by atoms with van der Waals surface area (Å²) in [4.78, 5) is 14.8. The van der Waals surface area contributed by atoms with Crippen LogP contribution in [0.5, 0.6) is 5.75 Å². The smallest absolute Gasteiger partial charge is 0.263 e. The Balaban J connectivity index is 1.68. The molecule has 1 amide bonds. The first-order valence-electron chi connectivity index (χ1n) is 9.24. The van der Waals surface area contributed by atoms with Gasteiger partial charge in [-0.15, -0.1) is 0 Å². The summed E-state index contributed by atoms with van der Waals surface area (Å²) in [6.45, 7) is 6.02. The quantitative estimate of drug-likeness (QED) is 0.841. The summed E-state index contributed by atoms with van der Waals surface area (Å²) in [6.07, 6.45) is 7.59. The van der Waals surface area contributed by atoms with Crippen molar-refractivity contribution in [3.63, 3.8) is 0 Å². The molecule has 1 aromatic carbocycles. The second-order valence-electron chi connectivity index (χ2n) is 7.18. The summed E-state index contributed by atoms with van der Waals surface area (Å²) >= 11 is 0. The highest BCUT2D eigenvalue weighted by molar-refractivity contribution is 5.81. The fourth-order valence-electron chi connectivity index (χ4n) is 3.85. The highest BCUT2D eigenvalue weighted by Crippen LogP contribution is 2.26. The van der Waals surface area contributed by atoms with E-state index in [9.17, 15) is 4.79 Å². The fraction of sp³-hybridized carbons (Fsp3) is 0.650. The van der Waals surface area contributed by atoms with Crippen LogP contribution < -0.4 is 4.74 Å². The van der Waals surface area contributed by atoms with Gasteiger partial charge in [-0.2, -0.15) is 0 Å². The maximum absolute atomic E-state index is 12.8. The van der Waals surface area contributed by atoms with Gasteiger partial charge in [0.1, 0.15) is 5.75 Å². The van der Waals surface area contributed by atoms with Crippen molar-refractivity contribution in [2.24, 2.45) is 5.92 Å². The molecule has 3 nitrogen and oxygen atoms in total. The Hall–Kier alpha value is -1.51. The molecule has 0 aromatic heterocycles. The minimum Gasteiger partial charge on any atom is -0.481 e. The first-order valence-corrected chi connectivity index (χ1v) is 9.24. The number of benzene rings is 1. The van der Waals surface area contributed by atoms with Crippen molar-refractivity contribution in [3.8, 4) is 5.75 Å². The standard InChI is InChI=1S/C20H29NO2/c1-3-19(20(22)21-12-6-7-15(2)14-21)23-18-11-10-16-8-4-5-9-17(16)13-18/h10-11,13,15,19H,3-9,12,14H2,1-2H3. The van der Waals surface area contributed by atoms with E-state index in [1.54, 1.807) is 0 Å². The average molecular weight is 315 g/mol. The number of aryl methyl sites for hydroxylation is 2. The summed E-state index contributed by atoms with van der Waals surface area (Å²) in [5.74, 6) is 1.63. The Bertz CT molecular complexity index is 555. The van der Waals surface area contributed by atoms with Crippen LogP contribution in [0, 0.1) is 5.92 Å². The van der Waals surface area contributed by atoms with Gasteiger partial charge in [0.05, 0.1) is 0 Å². The minimum absolute atomic E-state index is 0.164. The molecule has 0 radical (unpaired) electrons. The van der Waals surface area contributed by atoms with Crippen LogP contribution in [0.4, 0.5) is 0 Å². The number of carbonyl (C=O) groups excluding carboxylic acids is 1. The minimum atomic E-state index is -0.345. The van der Waals surface area contributed by atoms with Crippen LogP contribution in [0.1, 0.15) is 57.1 Å². The van der Waals surface area contributed by atoms with Crippen LogP contribution in [0.15, 0.2) is 18.2 Å². The Morgan fingerprint density at radius 3 is 2.78 bits per heavy atom. The van der Waals surface area contributed by atoms with Crippen LogP contribution in [-0.2, 0) is 17.6 Å². The van der Waals surface area contributed by atoms with E-state index in [-0.39, 0.29) is 12.0 Å². The van der Waals surface area contributed by atoms with Gasteiger partial charge in [0.25, 0.3) is 5.91 Å². The molecule has 3 rings (SSSR count). The number of hydrogen-bond donors (Lipinski definition) is 0. The van der Waals surface area contributed by atoms with Gasteiger partial charge in [-0.25, -0.2) is 0 Å². The number of carbonyl (C=O) groups is 1. The van der Waals surface area contributed by atoms with Gasteiger partial charge < -0.3 is 9.64 Å². The van der Waals surface area contributed by atoms with Crippen molar-refractivity contribution >= 4 is 5.91 Å². The Labute approximate surface area is 140 Å². The van der Waals surface area contributed by atoms with E-state index in [1.165, 1.54) is 36.8 Å². The third-order valence-electron chi connectivity index (χ3n) is 5.21. The zero-order chi connectivity index (χ0) is 16.2. The Kier molecular flexibility index (Phi) is 5.24. The zero-order valence-corrected chi connectivity index (χ0v) is 14.5. The lowest BCUT2D eigenvalue weighted by atomic mass is 9.92. The van der Waals surface area contributed by atoms with Crippen LogP contribution in [0.2, 0.25) is 0 Å². The average Bonchev–Trinajstić information content (AvgIpc) is 2.59. The van der Waals surface area contributed by atoms with Crippen LogP contribution in [-0.4, -0.2) is 30.0 Å². The third kappa shape index (κ3) is 3.88. The zero-order valence-electron chi connectivity index (χ0n) is 14.5. The maximum atomic E-state index is 12.8. The molecule has 126 valence electrons. The van der Waals surface area contributed by atoms with Gasteiger partial charge in [-0.05, 0) is 74.1 Å². The second kappa shape index (κ2) is 7.37. The van der Waals surface area contributed by atoms with Crippen molar-refractivity contribution < 1.29 is 9.53 Å². The Morgan fingerprint density at radius 2 is 2.04 bits per heavy atom. The van der Waals surface area contributed by atoms with E-state index in [0.717, 1.165) is 38.1 Å². The third-order valence-corrected chi connectivity index (χ3v) is 5.21. The van der Waals surface area contributed by atoms with Crippen molar-refractivity contribution in [2.75, 3.05) is 13.1 Å².